The lowest BCUT2D eigenvalue weighted by atomic mass is 10.2. The molecule has 1 fully saturated rings. The summed E-state index contributed by atoms with van der Waals surface area (Å²) < 4.78 is 33.0. The first-order valence-electron chi connectivity index (χ1n) is 8.32. The second kappa shape index (κ2) is 8.33. The molecule has 1 heterocycles. The molecule has 0 radical (unpaired) electrons. The monoisotopic (exact) mass is 378 g/mol. The van der Waals surface area contributed by atoms with Crippen LogP contribution in [0.5, 0.6) is 0 Å². The van der Waals surface area contributed by atoms with Crippen molar-refractivity contribution >= 4 is 27.1 Å². The van der Waals surface area contributed by atoms with Gasteiger partial charge in [0.1, 0.15) is 0 Å². The number of sulfonamides is 1. The molecule has 2 aliphatic rings. The van der Waals surface area contributed by atoms with E-state index in [0.29, 0.717) is 44.1 Å². The van der Waals surface area contributed by atoms with Crippen LogP contribution in [0.1, 0.15) is 12.0 Å². The molecule has 3 rings (SSSR count). The van der Waals surface area contributed by atoms with E-state index in [1.165, 1.54) is 4.31 Å². The van der Waals surface area contributed by atoms with Crippen LogP contribution in [0.3, 0.4) is 0 Å². The maximum absolute atomic E-state index is 12.9. The normalized spacial score (nSPS) is 22.0. The standard InChI is InChI=1S/C18H22N2O3S2/c21-25(22,18-9-5-4-8-17(18)24)20-11-10-19-16(12-20)14-23-13-15-6-2-1-3-7-15/h1-7,9,16,19H,8,10-14H2. The molecule has 7 heteroatoms. The van der Waals surface area contributed by atoms with Crippen molar-refractivity contribution in [2.24, 2.45) is 0 Å². The first-order chi connectivity index (χ1) is 12.1. The smallest absolute Gasteiger partial charge is 0.244 e. The van der Waals surface area contributed by atoms with Gasteiger partial charge >= 0.3 is 0 Å². The Balaban J connectivity index is 1.58. The molecule has 1 unspecified atom stereocenters. The molecular formula is C18H22N2O3S2. The van der Waals surface area contributed by atoms with E-state index in [9.17, 15) is 8.42 Å². The van der Waals surface area contributed by atoms with Gasteiger partial charge in [-0.1, -0.05) is 54.7 Å². The van der Waals surface area contributed by atoms with Gasteiger partial charge in [-0.25, -0.2) is 8.42 Å². The highest BCUT2D eigenvalue weighted by molar-refractivity contribution is 7.96. The molecule has 5 nitrogen and oxygen atoms in total. The lowest BCUT2D eigenvalue weighted by Gasteiger charge is -2.33. The van der Waals surface area contributed by atoms with Gasteiger partial charge in [-0.3, -0.25) is 0 Å². The van der Waals surface area contributed by atoms with Gasteiger partial charge < -0.3 is 10.1 Å². The van der Waals surface area contributed by atoms with Gasteiger partial charge in [-0.05, 0) is 11.6 Å². The van der Waals surface area contributed by atoms with Crippen LogP contribution >= 0.6 is 12.2 Å². The van der Waals surface area contributed by atoms with Gasteiger partial charge in [-0.2, -0.15) is 4.31 Å². The summed E-state index contributed by atoms with van der Waals surface area (Å²) in [5.41, 5.74) is 1.10. The predicted octanol–water partition coefficient (Wildman–Crippen LogP) is 2.02. The SMILES string of the molecule is O=S(=O)(C1=CC=CCC1=S)N1CCNC(COCc2ccccc2)C1. The fourth-order valence-electron chi connectivity index (χ4n) is 2.91. The van der Waals surface area contributed by atoms with Crippen LogP contribution in [0.2, 0.25) is 0 Å². The van der Waals surface area contributed by atoms with Gasteiger partial charge in [0.05, 0.1) is 18.1 Å². The van der Waals surface area contributed by atoms with Gasteiger partial charge in [0, 0.05) is 37.0 Å². The molecule has 1 saturated heterocycles. The van der Waals surface area contributed by atoms with E-state index in [2.05, 4.69) is 5.32 Å². The van der Waals surface area contributed by atoms with E-state index >= 15 is 0 Å². The summed E-state index contributed by atoms with van der Waals surface area (Å²) in [6.45, 7) is 2.42. The van der Waals surface area contributed by atoms with E-state index in [1.807, 2.05) is 36.4 Å². The molecule has 0 bridgehead atoms. The molecule has 0 saturated carbocycles. The Bertz CT molecular complexity index is 773. The Morgan fingerprint density at radius 2 is 2.08 bits per heavy atom. The highest BCUT2D eigenvalue weighted by atomic mass is 32.2. The molecule has 1 aliphatic heterocycles. The molecule has 25 heavy (non-hydrogen) atoms. The zero-order valence-corrected chi connectivity index (χ0v) is 15.6. The average molecular weight is 379 g/mol. The Labute approximate surface area is 154 Å². The van der Waals surface area contributed by atoms with E-state index in [-0.39, 0.29) is 10.9 Å². The minimum atomic E-state index is -3.54. The van der Waals surface area contributed by atoms with Gasteiger partial charge in [-0.15, -0.1) is 0 Å². The third kappa shape index (κ3) is 4.62. The summed E-state index contributed by atoms with van der Waals surface area (Å²) in [4.78, 5) is 0.744. The Kier molecular flexibility index (Phi) is 6.14. The number of ether oxygens (including phenoxy) is 1. The number of allylic oxidation sites excluding steroid dienone is 4. The number of nitrogens with zero attached hydrogens (tertiary/aromatic N) is 1. The molecule has 0 aromatic heterocycles. The lowest BCUT2D eigenvalue weighted by molar-refractivity contribution is 0.0856. The summed E-state index contributed by atoms with van der Waals surface area (Å²) in [7, 11) is -3.54. The molecule has 0 amide bonds. The average Bonchev–Trinajstić information content (AvgIpc) is 2.63. The Morgan fingerprint density at radius 1 is 1.28 bits per heavy atom. The number of rotatable bonds is 6. The van der Waals surface area contributed by atoms with Crippen molar-refractivity contribution in [3.05, 3.63) is 59.0 Å². The second-order valence-corrected chi connectivity index (χ2v) is 8.50. The van der Waals surface area contributed by atoms with E-state index in [1.54, 1.807) is 12.2 Å². The zero-order valence-electron chi connectivity index (χ0n) is 13.9. The van der Waals surface area contributed by atoms with Crippen LogP contribution < -0.4 is 5.32 Å². The van der Waals surface area contributed by atoms with E-state index in [0.717, 1.165) is 5.56 Å². The van der Waals surface area contributed by atoms with Gasteiger partial charge in [0.25, 0.3) is 0 Å². The maximum Gasteiger partial charge on any atom is 0.244 e. The third-order valence-electron chi connectivity index (χ3n) is 4.23. The topological polar surface area (TPSA) is 58.6 Å². The number of hydrogen-bond donors (Lipinski definition) is 1. The molecular weight excluding hydrogens is 356 g/mol. The minimum Gasteiger partial charge on any atom is -0.375 e. The van der Waals surface area contributed by atoms with Crippen LogP contribution in [0.4, 0.5) is 0 Å². The summed E-state index contributed by atoms with van der Waals surface area (Å²) in [5.74, 6) is 0. The van der Waals surface area contributed by atoms with Crippen molar-refractivity contribution in [2.45, 2.75) is 19.1 Å². The molecule has 1 atom stereocenters. The summed E-state index contributed by atoms with van der Waals surface area (Å²) in [6.07, 6.45) is 5.74. The van der Waals surface area contributed by atoms with Gasteiger partial charge in [0.15, 0.2) is 0 Å². The van der Waals surface area contributed by atoms with Crippen LogP contribution in [0.25, 0.3) is 0 Å². The second-order valence-electron chi connectivity index (χ2n) is 6.10. The maximum atomic E-state index is 12.9. The summed E-state index contributed by atoms with van der Waals surface area (Å²) in [6, 6.07) is 9.90. The highest BCUT2D eigenvalue weighted by Crippen LogP contribution is 2.21. The molecule has 1 aromatic carbocycles. The minimum absolute atomic E-state index is 0.0273. The van der Waals surface area contributed by atoms with E-state index in [4.69, 9.17) is 17.0 Å². The number of piperazine rings is 1. The molecule has 134 valence electrons. The van der Waals surface area contributed by atoms with E-state index < -0.39 is 10.0 Å². The first kappa shape index (κ1) is 18.4. The lowest BCUT2D eigenvalue weighted by Crippen LogP contribution is -2.54. The summed E-state index contributed by atoms with van der Waals surface area (Å²) in [5, 5.41) is 3.32. The molecule has 1 N–H and O–H groups in total. The molecule has 1 aliphatic carbocycles. The van der Waals surface area contributed by atoms with Crippen LogP contribution in [0.15, 0.2) is 53.5 Å². The fourth-order valence-corrected chi connectivity index (χ4v) is 5.00. The number of nitrogens with one attached hydrogen (secondary N) is 1. The molecule has 0 spiro atoms. The zero-order chi connectivity index (χ0) is 17.7. The number of hydrogen-bond acceptors (Lipinski definition) is 5. The predicted molar refractivity (Wildman–Crippen MR) is 103 cm³/mol. The van der Waals surface area contributed by atoms with Gasteiger partial charge in [0.2, 0.25) is 10.0 Å². The van der Waals surface area contributed by atoms with Crippen molar-refractivity contribution in [2.75, 3.05) is 26.2 Å². The first-order valence-corrected chi connectivity index (χ1v) is 10.2. The fraction of sp³-hybridized carbons (Fsp3) is 0.389. The van der Waals surface area contributed by atoms with Crippen molar-refractivity contribution in [3.63, 3.8) is 0 Å². The number of thiocarbonyl (C=S) groups is 1. The van der Waals surface area contributed by atoms with Crippen LogP contribution in [0, 0.1) is 0 Å². The third-order valence-corrected chi connectivity index (χ3v) is 6.69. The van der Waals surface area contributed by atoms with Crippen molar-refractivity contribution in [1.29, 1.82) is 0 Å². The van der Waals surface area contributed by atoms with Crippen molar-refractivity contribution in [3.8, 4) is 0 Å². The summed E-state index contributed by atoms with van der Waals surface area (Å²) >= 11 is 5.23. The highest BCUT2D eigenvalue weighted by Gasteiger charge is 2.33. The Hall–Kier alpha value is -1.38. The Morgan fingerprint density at radius 3 is 2.84 bits per heavy atom. The van der Waals surface area contributed by atoms with Crippen LogP contribution in [-0.2, 0) is 21.4 Å². The largest absolute Gasteiger partial charge is 0.375 e. The van der Waals surface area contributed by atoms with Crippen molar-refractivity contribution < 1.29 is 13.2 Å². The van der Waals surface area contributed by atoms with Crippen molar-refractivity contribution in [1.82, 2.24) is 9.62 Å². The molecule has 1 aromatic rings. The quantitative estimate of drug-likeness (QED) is 0.768. The number of benzene rings is 1. The van der Waals surface area contributed by atoms with Crippen LogP contribution in [-0.4, -0.2) is 49.9 Å².